The largest absolute Gasteiger partial charge is 0.454 e. The summed E-state index contributed by atoms with van der Waals surface area (Å²) < 4.78 is 17.1. The lowest BCUT2D eigenvalue weighted by atomic mass is 9.77. The molecule has 7 rings (SSSR count). The highest BCUT2D eigenvalue weighted by molar-refractivity contribution is 6.03. The molecule has 172 valence electrons. The maximum absolute atomic E-state index is 13.5. The van der Waals surface area contributed by atoms with Gasteiger partial charge >= 0.3 is 0 Å². The molecule has 0 radical (unpaired) electrons. The van der Waals surface area contributed by atoms with Crippen molar-refractivity contribution in [3.63, 3.8) is 0 Å². The molecule has 2 N–H and O–H groups in total. The number of benzene rings is 2. The van der Waals surface area contributed by atoms with Gasteiger partial charge in [-0.1, -0.05) is 30.4 Å². The van der Waals surface area contributed by atoms with Crippen molar-refractivity contribution in [3.8, 4) is 11.5 Å². The van der Waals surface area contributed by atoms with Gasteiger partial charge in [0.1, 0.15) is 5.60 Å². The van der Waals surface area contributed by atoms with Crippen molar-refractivity contribution in [2.24, 2.45) is 11.8 Å². The Bertz CT molecular complexity index is 1360. The number of anilines is 1. The number of H-pyrrole nitrogens is 1. The minimum absolute atomic E-state index is 0.0949. The molecule has 3 aromatic rings. The van der Waals surface area contributed by atoms with Gasteiger partial charge in [0.05, 0.1) is 24.5 Å². The molecule has 0 aliphatic carbocycles. The van der Waals surface area contributed by atoms with Crippen LogP contribution in [0.3, 0.4) is 0 Å². The van der Waals surface area contributed by atoms with Crippen molar-refractivity contribution < 1.29 is 23.8 Å². The number of rotatable bonds is 5. The highest BCUT2D eigenvalue weighted by atomic mass is 16.7. The van der Waals surface area contributed by atoms with Crippen molar-refractivity contribution in [1.82, 2.24) is 10.3 Å². The third-order valence-corrected chi connectivity index (χ3v) is 7.44. The van der Waals surface area contributed by atoms with E-state index in [9.17, 15) is 9.59 Å². The molecule has 8 nitrogen and oxygen atoms in total. The maximum Gasteiger partial charge on any atom is 0.234 e. The number of ether oxygens (including phenoxy) is 3. The number of carbonyl (C=O) groups excluding carboxylic acids is 2. The molecular weight excluding hydrogens is 434 g/mol. The number of hydrogen-bond acceptors (Lipinski definition) is 5. The fourth-order valence-corrected chi connectivity index (χ4v) is 5.85. The summed E-state index contributed by atoms with van der Waals surface area (Å²) >= 11 is 0. The van der Waals surface area contributed by atoms with Crippen molar-refractivity contribution in [3.05, 3.63) is 66.4 Å². The zero-order valence-electron chi connectivity index (χ0n) is 18.3. The van der Waals surface area contributed by atoms with Gasteiger partial charge in [0.2, 0.25) is 18.6 Å². The molecular formula is C26H23N3O5. The predicted octanol–water partition coefficient (Wildman–Crippen LogP) is 2.54. The number of nitrogens with one attached hydrogen (secondary N) is 2. The van der Waals surface area contributed by atoms with E-state index in [1.807, 2.05) is 48.7 Å². The number of para-hydroxylation sites is 1. The Kier molecular flexibility index (Phi) is 4.11. The summed E-state index contributed by atoms with van der Waals surface area (Å²) in [6, 6.07) is 13.6. The Morgan fingerprint density at radius 3 is 3.00 bits per heavy atom. The van der Waals surface area contributed by atoms with Crippen LogP contribution in [0.15, 0.2) is 60.8 Å². The highest BCUT2D eigenvalue weighted by Gasteiger charge is 2.67. The molecule has 2 fully saturated rings. The molecule has 8 heteroatoms. The fourth-order valence-electron chi connectivity index (χ4n) is 5.85. The summed E-state index contributed by atoms with van der Waals surface area (Å²) in [5.74, 6) is -0.0320. The predicted molar refractivity (Wildman–Crippen MR) is 124 cm³/mol. The maximum atomic E-state index is 13.5. The molecule has 5 heterocycles. The Balaban J connectivity index is 1.08. The number of amides is 2. The molecule has 2 amide bonds. The van der Waals surface area contributed by atoms with Crippen LogP contribution in [0.5, 0.6) is 11.5 Å². The zero-order valence-corrected chi connectivity index (χ0v) is 18.3. The first kappa shape index (κ1) is 19.7. The second-order valence-corrected chi connectivity index (χ2v) is 9.26. The van der Waals surface area contributed by atoms with Gasteiger partial charge in [0.25, 0.3) is 0 Å². The topological polar surface area (TPSA) is 92.9 Å². The van der Waals surface area contributed by atoms with Gasteiger partial charge in [-0.05, 0) is 30.2 Å². The summed E-state index contributed by atoms with van der Waals surface area (Å²) in [7, 11) is 0. The SMILES string of the molecule is O=C(NCCc1c[nH]c2ccccc12)C1C2C(=O)N(c3ccc4c(c3)OCO4)C[C@@]23C=C[C@@H]1O3. The van der Waals surface area contributed by atoms with Gasteiger partial charge < -0.3 is 29.4 Å². The van der Waals surface area contributed by atoms with E-state index < -0.39 is 17.4 Å². The Morgan fingerprint density at radius 1 is 1.18 bits per heavy atom. The van der Waals surface area contributed by atoms with Crippen LogP contribution < -0.4 is 19.7 Å². The molecule has 1 spiro atoms. The lowest BCUT2D eigenvalue weighted by Crippen LogP contribution is -2.44. The van der Waals surface area contributed by atoms with E-state index in [1.165, 1.54) is 0 Å². The summed E-state index contributed by atoms with van der Waals surface area (Å²) in [5, 5.41) is 4.22. The van der Waals surface area contributed by atoms with Gasteiger partial charge in [-0.25, -0.2) is 0 Å². The summed E-state index contributed by atoms with van der Waals surface area (Å²) in [6.45, 7) is 1.04. The number of hydrogen-bond donors (Lipinski definition) is 2. The van der Waals surface area contributed by atoms with Gasteiger partial charge in [-0.15, -0.1) is 0 Å². The van der Waals surface area contributed by atoms with Gasteiger partial charge in [0.15, 0.2) is 11.5 Å². The van der Waals surface area contributed by atoms with E-state index in [4.69, 9.17) is 14.2 Å². The van der Waals surface area contributed by atoms with Crippen molar-refractivity contribution >= 4 is 28.4 Å². The van der Waals surface area contributed by atoms with Crippen LogP contribution in [0, 0.1) is 11.8 Å². The third kappa shape index (κ3) is 2.75. The number of nitrogens with zero attached hydrogens (tertiary/aromatic N) is 1. The number of fused-ring (bicyclic) bond motifs is 3. The van der Waals surface area contributed by atoms with Crippen LogP contribution in [0.25, 0.3) is 10.9 Å². The molecule has 4 aliphatic rings. The quantitative estimate of drug-likeness (QED) is 0.575. The van der Waals surface area contributed by atoms with Crippen molar-refractivity contribution in [2.75, 3.05) is 24.8 Å². The van der Waals surface area contributed by atoms with E-state index in [-0.39, 0.29) is 24.7 Å². The lowest BCUT2D eigenvalue weighted by Gasteiger charge is -2.23. The Hall–Kier alpha value is -3.78. The number of aromatic nitrogens is 1. The first-order chi connectivity index (χ1) is 16.6. The summed E-state index contributed by atoms with van der Waals surface area (Å²) in [6.07, 6.45) is 6.20. The van der Waals surface area contributed by atoms with Gasteiger partial charge in [-0.3, -0.25) is 9.59 Å². The second kappa shape index (κ2) is 7.11. The monoisotopic (exact) mass is 457 g/mol. The molecule has 1 aromatic heterocycles. The van der Waals surface area contributed by atoms with E-state index >= 15 is 0 Å². The lowest BCUT2D eigenvalue weighted by molar-refractivity contribution is -0.131. The third-order valence-electron chi connectivity index (χ3n) is 7.44. The standard InChI is InChI=1S/C26H23N3O5/c30-24(27-10-8-15-12-28-18-4-2-1-3-17(15)18)22-20-7-9-26(34-20)13-29(25(31)23(22)26)16-5-6-19-21(11-16)33-14-32-19/h1-7,9,11-12,20,22-23,28H,8,10,13-14H2,(H,27,30)/t20-,22?,23?,26-/m0/s1. The van der Waals surface area contributed by atoms with Crippen LogP contribution in [0.4, 0.5) is 5.69 Å². The summed E-state index contributed by atoms with van der Waals surface area (Å²) in [5.41, 5.74) is 2.19. The minimum Gasteiger partial charge on any atom is -0.454 e. The molecule has 4 aliphatic heterocycles. The molecule has 2 unspecified atom stereocenters. The van der Waals surface area contributed by atoms with Crippen LogP contribution in [0.1, 0.15) is 5.56 Å². The summed E-state index contributed by atoms with van der Waals surface area (Å²) in [4.78, 5) is 31.8. The zero-order chi connectivity index (χ0) is 22.9. The second-order valence-electron chi connectivity index (χ2n) is 9.26. The normalized spacial score (nSPS) is 28.2. The number of carbonyl (C=O) groups is 2. The minimum atomic E-state index is -0.767. The van der Waals surface area contributed by atoms with Crippen molar-refractivity contribution in [2.45, 2.75) is 18.1 Å². The average molecular weight is 457 g/mol. The Morgan fingerprint density at radius 2 is 2.06 bits per heavy atom. The molecule has 2 aromatic carbocycles. The highest BCUT2D eigenvalue weighted by Crippen LogP contribution is 2.53. The van der Waals surface area contributed by atoms with Crippen LogP contribution >= 0.6 is 0 Å². The van der Waals surface area contributed by atoms with Crippen LogP contribution in [-0.2, 0) is 20.7 Å². The van der Waals surface area contributed by atoms with E-state index in [2.05, 4.69) is 16.4 Å². The number of aromatic amines is 1. The van der Waals surface area contributed by atoms with E-state index in [0.29, 0.717) is 31.0 Å². The first-order valence-corrected chi connectivity index (χ1v) is 11.5. The first-order valence-electron chi connectivity index (χ1n) is 11.5. The molecule has 4 atom stereocenters. The fraction of sp³-hybridized carbons (Fsp3) is 0.308. The van der Waals surface area contributed by atoms with Gasteiger partial charge in [-0.2, -0.15) is 0 Å². The molecule has 0 saturated carbocycles. The molecule has 2 bridgehead atoms. The van der Waals surface area contributed by atoms with E-state index in [1.54, 1.807) is 11.0 Å². The average Bonchev–Trinajstić information content (AvgIpc) is 3.66. The molecule has 2 saturated heterocycles. The molecule has 34 heavy (non-hydrogen) atoms. The van der Waals surface area contributed by atoms with Crippen LogP contribution in [0.2, 0.25) is 0 Å². The van der Waals surface area contributed by atoms with Crippen molar-refractivity contribution in [1.29, 1.82) is 0 Å². The van der Waals surface area contributed by atoms with E-state index in [0.717, 1.165) is 22.2 Å². The van der Waals surface area contributed by atoms with Gasteiger partial charge in [0, 0.05) is 35.4 Å². The van der Waals surface area contributed by atoms with Crippen LogP contribution in [-0.4, -0.2) is 48.4 Å². The smallest absolute Gasteiger partial charge is 0.234 e. The Labute approximate surface area is 195 Å².